The average molecular weight is 336 g/mol. The molecule has 5 nitrogen and oxygen atoms in total. The highest BCUT2D eigenvalue weighted by Gasteiger charge is 2.18. The summed E-state index contributed by atoms with van der Waals surface area (Å²) < 4.78 is 19.9. The molecule has 1 saturated heterocycles. The van der Waals surface area contributed by atoms with Gasteiger partial charge in [-0.15, -0.1) is 0 Å². The molecule has 0 radical (unpaired) electrons. The summed E-state index contributed by atoms with van der Waals surface area (Å²) in [7, 11) is 2.11. The van der Waals surface area contributed by atoms with Crippen molar-refractivity contribution in [3.63, 3.8) is 0 Å². The molecule has 124 valence electrons. The molecule has 0 bridgehead atoms. The van der Waals surface area contributed by atoms with Crippen LogP contribution in [0.5, 0.6) is 5.75 Å². The van der Waals surface area contributed by atoms with Crippen LogP contribution in [0.25, 0.3) is 0 Å². The van der Waals surface area contributed by atoms with Crippen molar-refractivity contribution in [1.29, 1.82) is 5.26 Å². The van der Waals surface area contributed by atoms with Gasteiger partial charge in [0.25, 0.3) is 0 Å². The fourth-order valence-corrected chi connectivity index (χ4v) is 2.76. The molecule has 2 rings (SSSR count). The zero-order valence-corrected chi connectivity index (χ0v) is 14.2. The van der Waals surface area contributed by atoms with Gasteiger partial charge < -0.3 is 9.64 Å². The zero-order valence-electron chi connectivity index (χ0n) is 13.4. The van der Waals surface area contributed by atoms with Crippen molar-refractivity contribution in [1.82, 2.24) is 10.2 Å². The van der Waals surface area contributed by atoms with Crippen LogP contribution < -0.4 is 10.1 Å². The van der Waals surface area contributed by atoms with Crippen molar-refractivity contribution >= 4 is 22.6 Å². The third-order valence-electron chi connectivity index (χ3n) is 3.83. The standard InChI is InChI=1S/C16H21FN4OS/c1-21-8-6-12(7-9-21)10-22-14-5-3-4-13(17)15(14)20-16(23-2)19-11-18/h3-5,12H,6-10H2,1-2H3,(H,19,20). The lowest BCUT2D eigenvalue weighted by Gasteiger charge is -2.28. The number of para-hydroxylation sites is 1. The van der Waals surface area contributed by atoms with Gasteiger partial charge in [0.1, 0.15) is 11.4 Å². The van der Waals surface area contributed by atoms with Gasteiger partial charge in [-0.05, 0) is 57.3 Å². The smallest absolute Gasteiger partial charge is 0.183 e. The van der Waals surface area contributed by atoms with Crippen LogP contribution in [0.1, 0.15) is 12.8 Å². The number of hydrogen-bond acceptors (Lipinski definition) is 5. The van der Waals surface area contributed by atoms with Gasteiger partial charge >= 0.3 is 0 Å². The Kier molecular flexibility index (Phi) is 6.68. The van der Waals surface area contributed by atoms with Crippen LogP contribution in [0.2, 0.25) is 0 Å². The van der Waals surface area contributed by atoms with Crippen LogP contribution in [0, 0.1) is 23.2 Å². The van der Waals surface area contributed by atoms with Crippen molar-refractivity contribution in [2.75, 3.05) is 33.0 Å². The molecule has 0 aliphatic carbocycles. The summed E-state index contributed by atoms with van der Waals surface area (Å²) in [5, 5.41) is 11.5. The number of halogens is 1. The second kappa shape index (κ2) is 8.75. The molecule has 0 spiro atoms. The van der Waals surface area contributed by atoms with Crippen molar-refractivity contribution in [2.24, 2.45) is 10.9 Å². The lowest BCUT2D eigenvalue weighted by Crippen LogP contribution is -2.32. The van der Waals surface area contributed by atoms with Gasteiger partial charge in [-0.2, -0.15) is 5.26 Å². The third kappa shape index (κ3) is 5.12. The SMILES string of the molecule is CSC(=Nc1c(F)cccc1OCC1CCN(C)CC1)NC#N. The van der Waals surface area contributed by atoms with Gasteiger partial charge in [0.2, 0.25) is 0 Å². The van der Waals surface area contributed by atoms with Crippen molar-refractivity contribution in [3.05, 3.63) is 24.0 Å². The summed E-state index contributed by atoms with van der Waals surface area (Å²) in [6.45, 7) is 2.68. The van der Waals surface area contributed by atoms with Gasteiger partial charge in [0, 0.05) is 0 Å². The number of nitrogens with one attached hydrogen (secondary N) is 1. The van der Waals surface area contributed by atoms with E-state index >= 15 is 0 Å². The number of aliphatic imine (C=N–C) groups is 1. The minimum Gasteiger partial charge on any atom is -0.491 e. The maximum absolute atomic E-state index is 14.1. The third-order valence-corrected chi connectivity index (χ3v) is 4.41. The van der Waals surface area contributed by atoms with Gasteiger partial charge in [0.15, 0.2) is 17.2 Å². The van der Waals surface area contributed by atoms with E-state index in [1.165, 1.54) is 17.8 Å². The normalized spacial score (nSPS) is 16.9. The van der Waals surface area contributed by atoms with Crippen LogP contribution in [-0.2, 0) is 0 Å². The Labute approximate surface area is 140 Å². The van der Waals surface area contributed by atoms with Gasteiger partial charge in [-0.25, -0.2) is 9.38 Å². The number of benzene rings is 1. The van der Waals surface area contributed by atoms with Gasteiger partial charge in [-0.3, -0.25) is 5.32 Å². The Balaban J connectivity index is 2.10. The quantitative estimate of drug-likeness (QED) is 0.396. The topological polar surface area (TPSA) is 60.6 Å². The molecular formula is C16H21FN4OS. The lowest BCUT2D eigenvalue weighted by molar-refractivity contribution is 0.160. The molecular weight excluding hydrogens is 315 g/mol. The molecule has 1 aromatic carbocycles. The van der Waals surface area contributed by atoms with E-state index in [0.29, 0.717) is 23.4 Å². The number of piperidine rings is 1. The molecule has 0 unspecified atom stereocenters. The van der Waals surface area contributed by atoms with E-state index in [4.69, 9.17) is 10.00 Å². The highest BCUT2D eigenvalue weighted by atomic mass is 32.2. The average Bonchev–Trinajstić information content (AvgIpc) is 2.56. The highest BCUT2D eigenvalue weighted by molar-refractivity contribution is 8.13. The Hall–Kier alpha value is -1.78. The Morgan fingerprint density at radius 2 is 2.26 bits per heavy atom. The molecule has 0 aromatic heterocycles. The first-order valence-corrected chi connectivity index (χ1v) is 8.74. The van der Waals surface area contributed by atoms with Crippen LogP contribution in [0.15, 0.2) is 23.2 Å². The Morgan fingerprint density at radius 1 is 1.52 bits per heavy atom. The van der Waals surface area contributed by atoms with Gasteiger partial charge in [-0.1, -0.05) is 17.8 Å². The molecule has 0 saturated carbocycles. The highest BCUT2D eigenvalue weighted by Crippen LogP contribution is 2.32. The minimum absolute atomic E-state index is 0.132. The van der Waals surface area contributed by atoms with E-state index in [-0.39, 0.29) is 5.69 Å². The second-order valence-electron chi connectivity index (χ2n) is 5.50. The molecule has 7 heteroatoms. The number of nitriles is 1. The maximum Gasteiger partial charge on any atom is 0.183 e. The molecule has 1 N–H and O–H groups in total. The minimum atomic E-state index is -0.461. The number of thioether (sulfide) groups is 1. The number of amidine groups is 1. The monoisotopic (exact) mass is 336 g/mol. The van der Waals surface area contributed by atoms with E-state index in [9.17, 15) is 4.39 Å². The van der Waals surface area contributed by atoms with Gasteiger partial charge in [0.05, 0.1) is 6.61 Å². The molecule has 23 heavy (non-hydrogen) atoms. The Bertz CT molecular complexity index is 594. The molecule has 0 atom stereocenters. The van der Waals surface area contributed by atoms with E-state index in [1.807, 2.05) is 0 Å². The van der Waals surface area contributed by atoms with Crippen molar-refractivity contribution < 1.29 is 9.13 Å². The lowest BCUT2D eigenvalue weighted by atomic mass is 9.98. The van der Waals surface area contributed by atoms with E-state index in [1.54, 1.807) is 24.6 Å². The Morgan fingerprint density at radius 3 is 2.91 bits per heavy atom. The first-order chi connectivity index (χ1) is 11.1. The number of ether oxygens (including phenoxy) is 1. The van der Waals surface area contributed by atoms with E-state index in [0.717, 1.165) is 25.9 Å². The fraction of sp³-hybridized carbons (Fsp3) is 0.500. The molecule has 1 aromatic rings. The molecule has 1 aliphatic heterocycles. The number of rotatable bonds is 4. The number of hydrogen-bond donors (Lipinski definition) is 1. The van der Waals surface area contributed by atoms with Crippen molar-refractivity contribution in [2.45, 2.75) is 12.8 Å². The van der Waals surface area contributed by atoms with Crippen molar-refractivity contribution in [3.8, 4) is 11.9 Å². The number of likely N-dealkylation sites (tertiary alicyclic amines) is 1. The zero-order chi connectivity index (χ0) is 16.7. The van der Waals surface area contributed by atoms with Crippen LogP contribution in [0.3, 0.4) is 0 Å². The molecule has 1 fully saturated rings. The van der Waals surface area contributed by atoms with Crippen LogP contribution >= 0.6 is 11.8 Å². The van der Waals surface area contributed by atoms with E-state index < -0.39 is 5.82 Å². The van der Waals surface area contributed by atoms with E-state index in [2.05, 4.69) is 22.3 Å². The molecule has 0 amide bonds. The second-order valence-corrected chi connectivity index (χ2v) is 6.30. The number of nitrogens with zero attached hydrogens (tertiary/aromatic N) is 3. The summed E-state index contributed by atoms with van der Waals surface area (Å²) in [5.41, 5.74) is 0.132. The summed E-state index contributed by atoms with van der Waals surface area (Å²) >= 11 is 1.24. The van der Waals surface area contributed by atoms with Crippen LogP contribution in [-0.4, -0.2) is 43.1 Å². The van der Waals surface area contributed by atoms with Crippen LogP contribution in [0.4, 0.5) is 10.1 Å². The molecule has 1 heterocycles. The fourth-order valence-electron chi connectivity index (χ4n) is 2.43. The predicted octanol–water partition coefficient (Wildman–Crippen LogP) is 2.97. The predicted molar refractivity (Wildman–Crippen MR) is 91.5 cm³/mol. The first kappa shape index (κ1) is 17.6. The summed E-state index contributed by atoms with van der Waals surface area (Å²) in [6.07, 6.45) is 5.72. The summed E-state index contributed by atoms with van der Waals surface area (Å²) in [5.74, 6) is 0.427. The molecule has 1 aliphatic rings. The summed E-state index contributed by atoms with van der Waals surface area (Å²) in [4.78, 5) is 6.48. The largest absolute Gasteiger partial charge is 0.491 e. The maximum atomic E-state index is 14.1. The first-order valence-electron chi connectivity index (χ1n) is 7.51. The summed E-state index contributed by atoms with van der Waals surface area (Å²) in [6, 6.07) is 4.65.